The first-order valence-electron chi connectivity index (χ1n) is 7.65. The number of nitrogens with zero attached hydrogens (tertiary/aromatic N) is 2. The third kappa shape index (κ3) is 3.71. The maximum atomic E-state index is 12.6. The smallest absolute Gasteiger partial charge is 0.251 e. The summed E-state index contributed by atoms with van der Waals surface area (Å²) in [5, 5.41) is 4.06. The monoisotopic (exact) mass is 332 g/mol. The predicted molar refractivity (Wildman–Crippen MR) is 89.6 cm³/mol. The Labute approximate surface area is 139 Å². The van der Waals surface area contributed by atoms with Crippen molar-refractivity contribution in [2.75, 3.05) is 13.1 Å². The average Bonchev–Trinajstić information content (AvgIpc) is 3.04. The number of morpholine rings is 1. The summed E-state index contributed by atoms with van der Waals surface area (Å²) in [5.74, 6) is -0.0497. The van der Waals surface area contributed by atoms with E-state index < -0.39 is 0 Å². The number of hydrogen-bond acceptors (Lipinski definition) is 4. The van der Waals surface area contributed by atoms with Gasteiger partial charge in [-0.25, -0.2) is 0 Å². The van der Waals surface area contributed by atoms with Crippen LogP contribution in [0.2, 0.25) is 0 Å². The number of pyridine rings is 1. The van der Waals surface area contributed by atoms with Gasteiger partial charge in [0.05, 0.1) is 12.6 Å². The Hall–Kier alpha value is -1.92. The second kappa shape index (κ2) is 6.68. The zero-order valence-corrected chi connectivity index (χ0v) is 14.1. The van der Waals surface area contributed by atoms with Crippen molar-refractivity contribution in [3.8, 4) is 0 Å². The lowest BCUT2D eigenvalue weighted by molar-refractivity contribution is -0.145. The van der Waals surface area contributed by atoms with Crippen LogP contribution < -0.4 is 5.56 Å². The van der Waals surface area contributed by atoms with Crippen molar-refractivity contribution < 1.29 is 9.53 Å². The zero-order valence-electron chi connectivity index (χ0n) is 13.3. The highest BCUT2D eigenvalue weighted by Crippen LogP contribution is 2.26. The van der Waals surface area contributed by atoms with E-state index in [2.05, 4.69) is 5.38 Å². The quantitative estimate of drug-likeness (QED) is 0.866. The van der Waals surface area contributed by atoms with E-state index >= 15 is 0 Å². The van der Waals surface area contributed by atoms with Crippen molar-refractivity contribution in [1.29, 1.82) is 0 Å². The Bertz CT molecular complexity index is 739. The standard InChI is InChI=1S/C17H20N2O3S/c1-12-3-5-18(16(20)7-12)10-17(21)19-8-13(2)22-15(9-19)14-4-6-23-11-14/h3-7,11,13,15H,8-10H2,1-2H3. The maximum Gasteiger partial charge on any atom is 0.251 e. The van der Waals surface area contributed by atoms with Gasteiger partial charge in [0.15, 0.2) is 0 Å². The first kappa shape index (κ1) is 16.0. The largest absolute Gasteiger partial charge is 0.367 e. The number of ether oxygens (including phenoxy) is 1. The number of hydrogen-bond donors (Lipinski definition) is 0. The van der Waals surface area contributed by atoms with Crippen molar-refractivity contribution in [3.63, 3.8) is 0 Å². The molecule has 0 N–H and O–H groups in total. The van der Waals surface area contributed by atoms with Crippen molar-refractivity contribution in [2.24, 2.45) is 0 Å². The molecule has 1 amide bonds. The van der Waals surface area contributed by atoms with Crippen LogP contribution in [-0.4, -0.2) is 34.6 Å². The predicted octanol–water partition coefficient (Wildman–Crippen LogP) is 2.21. The van der Waals surface area contributed by atoms with Gasteiger partial charge in [0, 0.05) is 18.8 Å². The number of amides is 1. The van der Waals surface area contributed by atoms with Crippen LogP contribution in [0.3, 0.4) is 0 Å². The van der Waals surface area contributed by atoms with Crippen LogP contribution in [0.15, 0.2) is 40.0 Å². The number of aromatic nitrogens is 1. The van der Waals surface area contributed by atoms with Crippen LogP contribution in [0, 0.1) is 6.92 Å². The van der Waals surface area contributed by atoms with Gasteiger partial charge >= 0.3 is 0 Å². The highest BCUT2D eigenvalue weighted by atomic mass is 32.1. The maximum absolute atomic E-state index is 12.6. The molecule has 1 saturated heterocycles. The van der Waals surface area contributed by atoms with Crippen molar-refractivity contribution >= 4 is 17.2 Å². The molecule has 2 atom stereocenters. The minimum absolute atomic E-state index is 0.0210. The highest BCUT2D eigenvalue weighted by Gasteiger charge is 2.29. The molecule has 2 unspecified atom stereocenters. The topological polar surface area (TPSA) is 51.5 Å². The van der Waals surface area contributed by atoms with Gasteiger partial charge in [0.2, 0.25) is 5.91 Å². The molecular weight excluding hydrogens is 312 g/mol. The fraction of sp³-hybridized carbons (Fsp3) is 0.412. The van der Waals surface area contributed by atoms with E-state index in [1.54, 1.807) is 28.5 Å². The fourth-order valence-corrected chi connectivity index (χ4v) is 3.48. The Morgan fingerprint density at radius 2 is 2.22 bits per heavy atom. The van der Waals surface area contributed by atoms with Crippen LogP contribution in [0.1, 0.15) is 24.2 Å². The molecule has 3 heterocycles. The van der Waals surface area contributed by atoms with E-state index in [0.29, 0.717) is 13.1 Å². The third-order valence-corrected chi connectivity index (χ3v) is 4.69. The molecule has 1 aliphatic rings. The first-order valence-corrected chi connectivity index (χ1v) is 8.59. The molecule has 3 rings (SSSR count). The van der Waals surface area contributed by atoms with E-state index in [4.69, 9.17) is 4.74 Å². The molecule has 0 radical (unpaired) electrons. The Morgan fingerprint density at radius 3 is 2.91 bits per heavy atom. The molecule has 0 aliphatic carbocycles. The summed E-state index contributed by atoms with van der Waals surface area (Å²) >= 11 is 1.62. The van der Waals surface area contributed by atoms with E-state index in [1.165, 1.54) is 4.57 Å². The van der Waals surface area contributed by atoms with E-state index in [0.717, 1.165) is 11.1 Å². The van der Waals surface area contributed by atoms with E-state index in [1.807, 2.05) is 31.4 Å². The second-order valence-electron chi connectivity index (χ2n) is 5.96. The molecule has 5 nitrogen and oxygen atoms in total. The molecule has 0 bridgehead atoms. The van der Waals surface area contributed by atoms with Crippen LogP contribution >= 0.6 is 11.3 Å². The van der Waals surface area contributed by atoms with Gasteiger partial charge in [-0.1, -0.05) is 0 Å². The summed E-state index contributed by atoms with van der Waals surface area (Å²) in [6.07, 6.45) is 1.56. The Morgan fingerprint density at radius 1 is 1.39 bits per heavy atom. The van der Waals surface area contributed by atoms with Crippen molar-refractivity contribution in [1.82, 2.24) is 9.47 Å². The van der Waals surface area contributed by atoms with E-state index in [9.17, 15) is 9.59 Å². The Balaban J connectivity index is 1.72. The third-order valence-electron chi connectivity index (χ3n) is 3.99. The molecule has 122 valence electrons. The molecule has 0 aromatic carbocycles. The van der Waals surface area contributed by atoms with Crippen LogP contribution in [0.4, 0.5) is 0 Å². The zero-order chi connectivity index (χ0) is 16.4. The lowest BCUT2D eigenvalue weighted by atomic mass is 10.1. The fourth-order valence-electron chi connectivity index (χ4n) is 2.78. The lowest BCUT2D eigenvalue weighted by Crippen LogP contribution is -2.47. The van der Waals surface area contributed by atoms with Gasteiger partial charge in [-0.15, -0.1) is 0 Å². The van der Waals surface area contributed by atoms with Crippen LogP contribution in [0.25, 0.3) is 0 Å². The molecule has 2 aromatic rings. The van der Waals surface area contributed by atoms with Gasteiger partial charge in [-0.2, -0.15) is 11.3 Å². The van der Waals surface area contributed by atoms with Crippen molar-refractivity contribution in [2.45, 2.75) is 32.6 Å². The second-order valence-corrected chi connectivity index (χ2v) is 6.74. The SMILES string of the molecule is Cc1ccn(CC(=O)N2CC(C)OC(c3ccsc3)C2)c(=O)c1. The lowest BCUT2D eigenvalue weighted by Gasteiger charge is -2.36. The number of aryl methyl sites for hydroxylation is 1. The van der Waals surface area contributed by atoms with Gasteiger partial charge < -0.3 is 14.2 Å². The Kier molecular flexibility index (Phi) is 4.63. The summed E-state index contributed by atoms with van der Waals surface area (Å²) in [7, 11) is 0. The van der Waals surface area contributed by atoms with Gasteiger partial charge in [0.1, 0.15) is 12.6 Å². The normalized spacial score (nSPS) is 21.4. The molecule has 0 saturated carbocycles. The van der Waals surface area contributed by atoms with Gasteiger partial charge in [0.25, 0.3) is 5.56 Å². The number of thiophene rings is 1. The molecular formula is C17H20N2O3S. The first-order chi connectivity index (χ1) is 11.0. The van der Waals surface area contributed by atoms with Crippen LogP contribution in [-0.2, 0) is 16.1 Å². The molecule has 0 spiro atoms. The molecule has 2 aromatic heterocycles. The number of carbonyl (C=O) groups excluding carboxylic acids is 1. The van der Waals surface area contributed by atoms with Crippen molar-refractivity contribution in [3.05, 3.63) is 56.6 Å². The van der Waals surface area contributed by atoms with Crippen LogP contribution in [0.5, 0.6) is 0 Å². The molecule has 23 heavy (non-hydrogen) atoms. The summed E-state index contributed by atoms with van der Waals surface area (Å²) in [6.45, 7) is 4.99. The summed E-state index contributed by atoms with van der Waals surface area (Å²) in [4.78, 5) is 26.3. The van der Waals surface area contributed by atoms with E-state index in [-0.39, 0.29) is 30.2 Å². The highest BCUT2D eigenvalue weighted by molar-refractivity contribution is 7.07. The summed E-state index contributed by atoms with van der Waals surface area (Å²) in [6, 6.07) is 5.41. The molecule has 1 aliphatic heterocycles. The number of carbonyl (C=O) groups is 1. The minimum atomic E-state index is -0.144. The van der Waals surface area contributed by atoms with Gasteiger partial charge in [-0.3, -0.25) is 9.59 Å². The average molecular weight is 332 g/mol. The summed E-state index contributed by atoms with van der Waals surface area (Å²) in [5.41, 5.74) is 1.86. The molecule has 6 heteroatoms. The number of rotatable bonds is 3. The van der Waals surface area contributed by atoms with Gasteiger partial charge in [-0.05, 0) is 47.9 Å². The summed E-state index contributed by atoms with van der Waals surface area (Å²) < 4.78 is 7.40. The minimum Gasteiger partial charge on any atom is -0.367 e. The molecule has 1 fully saturated rings.